The minimum Gasteiger partial charge on any atom is -0.349 e. The summed E-state index contributed by atoms with van der Waals surface area (Å²) in [6, 6.07) is 5.29. The maximum Gasteiger partial charge on any atom is 0.419 e. The summed E-state index contributed by atoms with van der Waals surface area (Å²) in [5.74, 6) is 0.317. The van der Waals surface area contributed by atoms with Crippen molar-refractivity contribution in [2.45, 2.75) is 38.0 Å². The minimum atomic E-state index is -4.48. The topological polar surface area (TPSA) is 88.8 Å². The summed E-state index contributed by atoms with van der Waals surface area (Å²) in [5, 5.41) is 11.5. The van der Waals surface area contributed by atoms with E-state index >= 15 is 0 Å². The number of likely N-dealkylation sites (tertiary alicyclic amines) is 1. The Labute approximate surface area is 181 Å². The summed E-state index contributed by atoms with van der Waals surface area (Å²) in [6.07, 6.45) is 1.79. The van der Waals surface area contributed by atoms with Crippen molar-refractivity contribution in [2.24, 2.45) is 5.92 Å². The number of carbonyl (C=O) groups is 1. The van der Waals surface area contributed by atoms with E-state index in [2.05, 4.69) is 25.5 Å². The fraction of sp³-hybridized carbons (Fsp3) is 0.381. The average Bonchev–Trinajstić information content (AvgIpc) is 3.50. The zero-order valence-corrected chi connectivity index (χ0v) is 17.1. The molecule has 8 nitrogen and oxygen atoms in total. The monoisotopic (exact) mass is 443 g/mol. The van der Waals surface area contributed by atoms with Crippen LogP contribution in [0.15, 0.2) is 43.0 Å². The average molecular weight is 443 g/mol. The maximum absolute atomic E-state index is 13.5. The van der Waals surface area contributed by atoms with E-state index in [0.717, 1.165) is 30.8 Å². The first-order valence-corrected chi connectivity index (χ1v) is 10.2. The largest absolute Gasteiger partial charge is 0.419 e. The Kier molecular flexibility index (Phi) is 4.83. The van der Waals surface area contributed by atoms with Crippen molar-refractivity contribution in [1.29, 1.82) is 0 Å². The number of aryl methyl sites for hydroxylation is 1. The lowest BCUT2D eigenvalue weighted by Crippen LogP contribution is -2.48. The summed E-state index contributed by atoms with van der Waals surface area (Å²) in [5.41, 5.74) is 1.20. The molecule has 5 rings (SSSR count). The van der Waals surface area contributed by atoms with Crippen molar-refractivity contribution in [1.82, 2.24) is 29.9 Å². The first-order valence-electron chi connectivity index (χ1n) is 10.2. The van der Waals surface area contributed by atoms with Crippen molar-refractivity contribution in [2.75, 3.05) is 11.9 Å². The van der Waals surface area contributed by atoms with Gasteiger partial charge in [0.05, 0.1) is 35.2 Å². The van der Waals surface area contributed by atoms with Gasteiger partial charge in [-0.25, -0.2) is 9.97 Å². The van der Waals surface area contributed by atoms with E-state index in [1.165, 1.54) is 4.80 Å². The van der Waals surface area contributed by atoms with Gasteiger partial charge in [0.25, 0.3) is 5.91 Å². The smallest absolute Gasteiger partial charge is 0.349 e. The summed E-state index contributed by atoms with van der Waals surface area (Å²) in [6.45, 7) is 2.57. The Bertz CT molecular complexity index is 1130. The first-order chi connectivity index (χ1) is 15.3. The van der Waals surface area contributed by atoms with Crippen molar-refractivity contribution >= 4 is 11.9 Å². The second-order valence-electron chi connectivity index (χ2n) is 8.25. The van der Waals surface area contributed by atoms with Crippen LogP contribution in [0.25, 0.3) is 5.69 Å². The van der Waals surface area contributed by atoms with Gasteiger partial charge in [-0.05, 0) is 43.4 Å². The van der Waals surface area contributed by atoms with Gasteiger partial charge in [0, 0.05) is 25.0 Å². The predicted molar refractivity (Wildman–Crippen MR) is 108 cm³/mol. The highest BCUT2D eigenvalue weighted by Crippen LogP contribution is 2.40. The third-order valence-corrected chi connectivity index (χ3v) is 6.05. The van der Waals surface area contributed by atoms with Gasteiger partial charge >= 0.3 is 6.18 Å². The SMILES string of the molecule is Cc1ccc(C(=O)N2C[C@H]3CC(Nc4ncc(C(F)(F)F)cn4)C2C3)c(-n2nccn2)c1. The molecular formula is C21H20F3N7O. The molecule has 1 aliphatic heterocycles. The van der Waals surface area contributed by atoms with E-state index in [4.69, 9.17) is 0 Å². The molecule has 1 aliphatic carbocycles. The van der Waals surface area contributed by atoms with Crippen molar-refractivity contribution < 1.29 is 18.0 Å². The molecule has 32 heavy (non-hydrogen) atoms. The Hall–Kier alpha value is -3.50. The van der Waals surface area contributed by atoms with Gasteiger partial charge in [-0.3, -0.25) is 4.79 Å². The van der Waals surface area contributed by atoms with Crippen molar-refractivity contribution in [3.63, 3.8) is 0 Å². The van der Waals surface area contributed by atoms with Crippen LogP contribution in [0.4, 0.5) is 19.1 Å². The first kappa shape index (κ1) is 20.4. The van der Waals surface area contributed by atoms with E-state index in [0.29, 0.717) is 23.7 Å². The van der Waals surface area contributed by atoms with Crippen molar-refractivity contribution in [3.05, 3.63) is 59.7 Å². The van der Waals surface area contributed by atoms with Crippen LogP contribution in [0, 0.1) is 12.8 Å². The molecule has 166 valence electrons. The molecule has 1 saturated heterocycles. The number of piperidine rings is 1. The fourth-order valence-corrected chi connectivity index (χ4v) is 4.61. The number of anilines is 1. The van der Waals surface area contributed by atoms with E-state index in [1.807, 2.05) is 24.0 Å². The van der Waals surface area contributed by atoms with Crippen LogP contribution in [-0.2, 0) is 6.18 Å². The Morgan fingerprint density at radius 2 is 1.84 bits per heavy atom. The predicted octanol–water partition coefficient (Wildman–Crippen LogP) is 3.10. The summed E-state index contributed by atoms with van der Waals surface area (Å²) >= 11 is 0. The quantitative estimate of drug-likeness (QED) is 0.667. The van der Waals surface area contributed by atoms with Crippen molar-refractivity contribution in [3.8, 4) is 5.69 Å². The van der Waals surface area contributed by atoms with Gasteiger partial charge < -0.3 is 10.2 Å². The molecule has 1 aromatic carbocycles. The van der Waals surface area contributed by atoms with E-state index in [-0.39, 0.29) is 23.9 Å². The number of halogens is 3. The highest BCUT2D eigenvalue weighted by molar-refractivity contribution is 5.98. The summed E-state index contributed by atoms with van der Waals surface area (Å²) in [4.78, 5) is 24.4. The molecule has 1 N–H and O–H groups in total. The van der Waals surface area contributed by atoms with Crippen LogP contribution < -0.4 is 5.32 Å². The second kappa shape index (κ2) is 7.57. The van der Waals surface area contributed by atoms with Crippen LogP contribution >= 0.6 is 0 Å². The molecule has 2 fully saturated rings. The molecule has 3 atom stereocenters. The number of nitrogens with one attached hydrogen (secondary N) is 1. The summed E-state index contributed by atoms with van der Waals surface area (Å²) < 4.78 is 38.3. The maximum atomic E-state index is 13.5. The number of fused-ring (bicyclic) bond motifs is 2. The van der Waals surface area contributed by atoms with Gasteiger partial charge in [0.2, 0.25) is 5.95 Å². The molecule has 2 bridgehead atoms. The number of amides is 1. The highest BCUT2D eigenvalue weighted by atomic mass is 19.4. The molecule has 2 aromatic heterocycles. The molecule has 11 heteroatoms. The standard InChI is InChI=1S/C21H20F3N7O/c1-12-2-3-15(17(6-12)31-27-4-5-28-31)19(32)30-11-13-7-16(18(30)8-13)29-20-25-9-14(10-26-20)21(22,23)24/h2-6,9-10,13,16,18H,7-8,11H2,1H3,(H,25,26,29)/t13-,16?,18?/m0/s1. The number of rotatable bonds is 4. The molecule has 2 aliphatic rings. The molecule has 3 heterocycles. The molecule has 0 radical (unpaired) electrons. The van der Waals surface area contributed by atoms with E-state index in [1.54, 1.807) is 18.5 Å². The third-order valence-electron chi connectivity index (χ3n) is 6.05. The zero-order chi connectivity index (χ0) is 22.5. The number of nitrogens with zero attached hydrogens (tertiary/aromatic N) is 6. The number of aromatic nitrogens is 5. The van der Waals surface area contributed by atoms with Crippen LogP contribution in [-0.4, -0.2) is 54.4 Å². The van der Waals surface area contributed by atoms with E-state index < -0.39 is 11.7 Å². The van der Waals surface area contributed by atoms with Crippen LogP contribution in [0.2, 0.25) is 0 Å². The zero-order valence-electron chi connectivity index (χ0n) is 17.1. The van der Waals surface area contributed by atoms with Gasteiger partial charge in [0.1, 0.15) is 0 Å². The Balaban J connectivity index is 1.36. The van der Waals surface area contributed by atoms with Crippen LogP contribution in [0.1, 0.15) is 34.3 Å². The third kappa shape index (κ3) is 3.67. The number of benzene rings is 1. The lowest BCUT2D eigenvalue weighted by atomic mass is 10.0. The number of hydrogen-bond acceptors (Lipinski definition) is 6. The number of alkyl halides is 3. The number of carbonyl (C=O) groups excluding carboxylic acids is 1. The molecular weight excluding hydrogens is 423 g/mol. The molecule has 2 unspecified atom stereocenters. The lowest BCUT2D eigenvalue weighted by Gasteiger charge is -2.34. The van der Waals surface area contributed by atoms with Crippen LogP contribution in [0.3, 0.4) is 0 Å². The molecule has 1 saturated carbocycles. The second-order valence-corrected chi connectivity index (χ2v) is 8.25. The summed E-state index contributed by atoms with van der Waals surface area (Å²) in [7, 11) is 0. The Morgan fingerprint density at radius 3 is 2.50 bits per heavy atom. The fourth-order valence-electron chi connectivity index (χ4n) is 4.61. The van der Waals surface area contributed by atoms with Gasteiger partial charge in [-0.15, -0.1) is 0 Å². The molecule has 3 aromatic rings. The molecule has 1 amide bonds. The Morgan fingerprint density at radius 1 is 1.12 bits per heavy atom. The van der Waals surface area contributed by atoms with E-state index in [9.17, 15) is 18.0 Å². The minimum absolute atomic E-state index is 0.0990. The van der Waals surface area contributed by atoms with Gasteiger partial charge in [-0.1, -0.05) is 6.07 Å². The lowest BCUT2D eigenvalue weighted by molar-refractivity contribution is -0.138. The highest BCUT2D eigenvalue weighted by Gasteiger charge is 2.47. The van der Waals surface area contributed by atoms with Gasteiger partial charge in [-0.2, -0.15) is 28.2 Å². The normalized spacial score (nSPS) is 22.4. The molecule has 0 spiro atoms. The van der Waals surface area contributed by atoms with Gasteiger partial charge in [0.15, 0.2) is 0 Å². The number of hydrogen-bond donors (Lipinski definition) is 1. The van der Waals surface area contributed by atoms with Crippen LogP contribution in [0.5, 0.6) is 0 Å².